The van der Waals surface area contributed by atoms with Crippen LogP contribution in [0.15, 0.2) is 66.2 Å². The molecule has 0 radical (unpaired) electrons. The van der Waals surface area contributed by atoms with E-state index in [-0.39, 0.29) is 26.9 Å². The van der Waals surface area contributed by atoms with Crippen LogP contribution in [0, 0.1) is 0 Å². The number of carbonyl (C=O) groups is 2. The van der Waals surface area contributed by atoms with Gasteiger partial charge in [0.05, 0.1) is 35.9 Å². The van der Waals surface area contributed by atoms with Crippen LogP contribution in [0.1, 0.15) is 17.2 Å². The van der Waals surface area contributed by atoms with Crippen molar-refractivity contribution < 1.29 is 29.3 Å². The molecule has 7 nitrogen and oxygen atoms in total. The number of hydrogen-bond donors (Lipinski definition) is 2. The fourth-order valence-electron chi connectivity index (χ4n) is 3.85. The predicted molar refractivity (Wildman–Crippen MR) is 129 cm³/mol. The summed E-state index contributed by atoms with van der Waals surface area (Å²) < 4.78 is 10.3. The van der Waals surface area contributed by atoms with Crippen LogP contribution < -0.4 is 14.4 Å². The van der Waals surface area contributed by atoms with Crippen molar-refractivity contribution in [1.82, 2.24) is 0 Å². The van der Waals surface area contributed by atoms with Gasteiger partial charge in [-0.3, -0.25) is 14.5 Å². The topological polar surface area (TPSA) is 96.3 Å². The molecule has 9 heteroatoms. The van der Waals surface area contributed by atoms with Gasteiger partial charge in [-0.2, -0.15) is 0 Å². The van der Waals surface area contributed by atoms with Gasteiger partial charge >= 0.3 is 0 Å². The smallest absolute Gasteiger partial charge is 0.300 e. The fraction of sp³-hybridized carbons (Fsp3) is 0.120. The van der Waals surface area contributed by atoms with Gasteiger partial charge in [-0.05, 0) is 54.1 Å². The summed E-state index contributed by atoms with van der Waals surface area (Å²) in [6, 6.07) is 14.2. The number of phenols is 1. The Kier molecular flexibility index (Phi) is 6.41. The Balaban J connectivity index is 1.93. The number of nitrogens with zero attached hydrogens (tertiary/aromatic N) is 1. The van der Waals surface area contributed by atoms with E-state index < -0.39 is 23.5 Å². The minimum absolute atomic E-state index is 0.00938. The van der Waals surface area contributed by atoms with Crippen molar-refractivity contribution in [3.05, 3.63) is 87.4 Å². The number of rotatable bonds is 5. The van der Waals surface area contributed by atoms with Gasteiger partial charge in [0, 0.05) is 11.3 Å². The molecule has 0 aromatic heterocycles. The number of phenolic OH excluding ortho intramolecular Hbond substituents is 1. The minimum atomic E-state index is -0.995. The van der Waals surface area contributed by atoms with Crippen molar-refractivity contribution in [3.8, 4) is 17.2 Å². The number of hydrogen-bond acceptors (Lipinski definition) is 6. The van der Waals surface area contributed by atoms with E-state index in [1.807, 2.05) is 0 Å². The molecule has 0 aliphatic carbocycles. The van der Waals surface area contributed by atoms with E-state index in [0.717, 1.165) is 0 Å². The minimum Gasteiger partial charge on any atom is -0.508 e. The Labute approximate surface area is 205 Å². The quantitative estimate of drug-likeness (QED) is 0.279. The lowest BCUT2D eigenvalue weighted by Crippen LogP contribution is -2.29. The lowest BCUT2D eigenvalue weighted by atomic mass is 9.95. The van der Waals surface area contributed by atoms with Crippen LogP contribution >= 0.6 is 23.2 Å². The zero-order chi connectivity index (χ0) is 24.6. The zero-order valence-electron chi connectivity index (χ0n) is 18.1. The average Bonchev–Trinajstić information content (AvgIpc) is 3.09. The summed E-state index contributed by atoms with van der Waals surface area (Å²) in [4.78, 5) is 27.6. The molecular weight excluding hydrogens is 481 g/mol. The van der Waals surface area contributed by atoms with E-state index in [4.69, 9.17) is 32.7 Å². The number of halogens is 2. The zero-order valence-corrected chi connectivity index (χ0v) is 19.6. The lowest BCUT2D eigenvalue weighted by Gasteiger charge is -2.26. The van der Waals surface area contributed by atoms with Crippen molar-refractivity contribution in [2.75, 3.05) is 19.1 Å². The third-order valence-corrected chi connectivity index (χ3v) is 6.08. The Morgan fingerprint density at radius 3 is 2.03 bits per heavy atom. The molecule has 2 N–H and O–H groups in total. The molecule has 0 bridgehead atoms. The molecule has 1 aliphatic rings. The van der Waals surface area contributed by atoms with Crippen molar-refractivity contribution >= 4 is 46.3 Å². The van der Waals surface area contributed by atoms with Crippen LogP contribution in [0.25, 0.3) is 5.76 Å². The molecule has 1 aliphatic heterocycles. The van der Waals surface area contributed by atoms with Gasteiger partial charge in [-0.25, -0.2) is 0 Å². The normalized spacial score (nSPS) is 17.2. The van der Waals surface area contributed by atoms with Gasteiger partial charge in [0.15, 0.2) is 0 Å². The number of aromatic hydroxyl groups is 1. The standard InChI is InChI=1S/C25H19Cl2NO6/c1-33-19-9-5-14(11-17(19)26)23(30)21-22(13-3-7-16(29)8-4-13)28(25(32)24(21)31)15-6-10-20(34-2)18(27)12-15/h3-12,22,29-30H,1-2H3/b23-21+. The number of Topliss-reactive ketones (excluding diaryl/α,β-unsaturated/α-hetero) is 1. The molecule has 1 fully saturated rings. The first-order valence-corrected chi connectivity index (χ1v) is 10.8. The summed E-state index contributed by atoms with van der Waals surface area (Å²) in [5.74, 6) is -1.33. The Morgan fingerprint density at radius 2 is 1.47 bits per heavy atom. The van der Waals surface area contributed by atoms with Crippen LogP contribution in [0.3, 0.4) is 0 Å². The van der Waals surface area contributed by atoms with Crippen LogP contribution in [-0.2, 0) is 9.59 Å². The van der Waals surface area contributed by atoms with Crippen molar-refractivity contribution in [2.45, 2.75) is 6.04 Å². The first-order chi connectivity index (χ1) is 16.3. The van der Waals surface area contributed by atoms with Gasteiger partial charge < -0.3 is 19.7 Å². The maximum atomic E-state index is 13.2. The number of carbonyl (C=O) groups excluding carboxylic acids is 2. The first kappa shape index (κ1) is 23.5. The summed E-state index contributed by atoms with van der Waals surface area (Å²) in [5, 5.41) is 21.4. The molecule has 3 aromatic rings. The third kappa shape index (κ3) is 4.04. The van der Waals surface area contributed by atoms with Crippen molar-refractivity contribution in [3.63, 3.8) is 0 Å². The number of methoxy groups -OCH3 is 2. The molecule has 1 atom stereocenters. The largest absolute Gasteiger partial charge is 0.508 e. The second-order valence-corrected chi connectivity index (χ2v) is 8.24. The summed E-state index contributed by atoms with van der Waals surface area (Å²) in [5.41, 5.74) is 0.923. The Morgan fingerprint density at radius 1 is 0.882 bits per heavy atom. The monoisotopic (exact) mass is 499 g/mol. The molecule has 1 amide bonds. The molecular formula is C25H19Cl2NO6. The van der Waals surface area contributed by atoms with E-state index in [0.29, 0.717) is 22.7 Å². The lowest BCUT2D eigenvalue weighted by molar-refractivity contribution is -0.132. The highest BCUT2D eigenvalue weighted by Gasteiger charge is 2.47. The predicted octanol–water partition coefficient (Wildman–Crippen LogP) is 5.34. The van der Waals surface area contributed by atoms with Gasteiger partial charge in [0.1, 0.15) is 23.0 Å². The second kappa shape index (κ2) is 9.29. The van der Waals surface area contributed by atoms with E-state index in [9.17, 15) is 19.8 Å². The van der Waals surface area contributed by atoms with Gasteiger partial charge in [0.2, 0.25) is 0 Å². The molecule has 34 heavy (non-hydrogen) atoms. The molecule has 1 unspecified atom stereocenters. The summed E-state index contributed by atoms with van der Waals surface area (Å²) >= 11 is 12.5. The Hall–Kier alpha value is -3.68. The van der Waals surface area contributed by atoms with Gasteiger partial charge in [-0.1, -0.05) is 35.3 Å². The SMILES string of the molecule is COc1ccc(/C(O)=C2\C(=O)C(=O)N(c3ccc(OC)c(Cl)c3)C2c2ccc(O)cc2)cc1Cl. The summed E-state index contributed by atoms with van der Waals surface area (Å²) in [7, 11) is 2.92. The maximum absolute atomic E-state index is 13.2. The van der Waals surface area contributed by atoms with E-state index in [1.54, 1.807) is 30.3 Å². The fourth-order valence-corrected chi connectivity index (χ4v) is 4.35. The number of anilines is 1. The Bertz CT molecular complexity index is 1320. The third-order valence-electron chi connectivity index (χ3n) is 5.49. The molecule has 174 valence electrons. The molecule has 3 aromatic carbocycles. The maximum Gasteiger partial charge on any atom is 0.300 e. The summed E-state index contributed by atoms with van der Waals surface area (Å²) in [6.45, 7) is 0. The highest BCUT2D eigenvalue weighted by Crippen LogP contribution is 2.44. The number of aliphatic hydroxyl groups excluding tert-OH is 1. The van der Waals surface area contributed by atoms with Gasteiger partial charge in [-0.15, -0.1) is 0 Å². The van der Waals surface area contributed by atoms with Crippen molar-refractivity contribution in [1.29, 1.82) is 0 Å². The van der Waals surface area contributed by atoms with E-state index >= 15 is 0 Å². The number of benzene rings is 3. The van der Waals surface area contributed by atoms with E-state index in [2.05, 4.69) is 0 Å². The van der Waals surface area contributed by atoms with Crippen molar-refractivity contribution in [2.24, 2.45) is 0 Å². The van der Waals surface area contributed by atoms with Crippen LogP contribution in [0.4, 0.5) is 5.69 Å². The molecule has 0 saturated carbocycles. The van der Waals surface area contributed by atoms with Crippen LogP contribution in [0.2, 0.25) is 10.0 Å². The molecule has 0 spiro atoms. The molecule has 1 saturated heterocycles. The highest BCUT2D eigenvalue weighted by atomic mass is 35.5. The van der Waals surface area contributed by atoms with Crippen LogP contribution in [-0.4, -0.2) is 36.1 Å². The summed E-state index contributed by atoms with van der Waals surface area (Å²) in [6.07, 6.45) is 0. The number of ketones is 1. The highest BCUT2D eigenvalue weighted by molar-refractivity contribution is 6.52. The first-order valence-electron chi connectivity index (χ1n) is 10.0. The average molecular weight is 500 g/mol. The molecule has 4 rings (SSSR count). The number of aliphatic hydroxyl groups is 1. The van der Waals surface area contributed by atoms with E-state index in [1.165, 1.54) is 49.5 Å². The number of ether oxygens (including phenoxy) is 2. The molecule has 1 heterocycles. The van der Waals surface area contributed by atoms with Crippen LogP contribution in [0.5, 0.6) is 17.2 Å². The number of amides is 1. The second-order valence-electron chi connectivity index (χ2n) is 7.43. The van der Waals surface area contributed by atoms with Gasteiger partial charge in [0.25, 0.3) is 11.7 Å².